The van der Waals surface area contributed by atoms with E-state index in [1.807, 2.05) is 0 Å². The third-order valence-electron chi connectivity index (χ3n) is 4.82. The molecule has 174 valence electrons. The Labute approximate surface area is 197 Å². The van der Waals surface area contributed by atoms with Crippen molar-refractivity contribution in [2.45, 2.75) is 24.5 Å². The van der Waals surface area contributed by atoms with Gasteiger partial charge in [-0.1, -0.05) is 35.9 Å². The number of carbonyl (C=O) groups excluding carboxylic acids is 1. The van der Waals surface area contributed by atoms with Crippen LogP contribution in [0.1, 0.15) is 22.8 Å². The number of halogens is 2. The molecule has 0 aromatic heterocycles. The Morgan fingerprint density at radius 3 is 2.39 bits per heavy atom. The van der Waals surface area contributed by atoms with Crippen molar-refractivity contribution in [1.29, 1.82) is 0 Å². The molecule has 0 amide bonds. The number of benzene rings is 3. The minimum absolute atomic E-state index is 0.0105. The van der Waals surface area contributed by atoms with Crippen LogP contribution < -0.4 is 4.74 Å². The van der Waals surface area contributed by atoms with Gasteiger partial charge in [0.15, 0.2) is 5.78 Å². The molecule has 0 spiro atoms. The van der Waals surface area contributed by atoms with Gasteiger partial charge in [-0.25, -0.2) is 12.8 Å². The summed E-state index contributed by atoms with van der Waals surface area (Å²) in [7, 11) is -4.00. The molecule has 0 aliphatic rings. The van der Waals surface area contributed by atoms with Crippen molar-refractivity contribution in [1.82, 2.24) is 4.31 Å². The lowest BCUT2D eigenvalue weighted by Gasteiger charge is -2.25. The minimum atomic E-state index is -4.00. The summed E-state index contributed by atoms with van der Waals surface area (Å²) in [5.41, 5.74) is 1.02. The number of ketones is 1. The number of hydrogen-bond donors (Lipinski definition) is 1. The molecule has 0 heterocycles. The summed E-state index contributed by atoms with van der Waals surface area (Å²) in [6.45, 7) is 0.886. The largest absolute Gasteiger partial charge is 0.491 e. The van der Waals surface area contributed by atoms with Gasteiger partial charge in [-0.05, 0) is 61.0 Å². The SMILES string of the molecule is CC(=O)c1cccc(OC[C@H](O)CN(Cc2ccc(F)cc2)S(=O)(=O)c2ccc(Cl)cc2)c1. The molecule has 0 aliphatic heterocycles. The zero-order valence-corrected chi connectivity index (χ0v) is 19.4. The number of nitrogens with zero attached hydrogens (tertiary/aromatic N) is 1. The van der Waals surface area contributed by atoms with Gasteiger partial charge in [0.1, 0.15) is 24.3 Å². The number of carbonyl (C=O) groups is 1. The fourth-order valence-electron chi connectivity index (χ4n) is 3.08. The normalized spacial score (nSPS) is 12.5. The van der Waals surface area contributed by atoms with Gasteiger partial charge in [0.05, 0.1) is 4.90 Å². The molecule has 1 atom stereocenters. The van der Waals surface area contributed by atoms with Gasteiger partial charge in [-0.15, -0.1) is 0 Å². The predicted octanol–water partition coefficient (Wildman–Crippen LogP) is 4.31. The molecule has 3 rings (SSSR count). The summed E-state index contributed by atoms with van der Waals surface area (Å²) in [5, 5.41) is 10.9. The Morgan fingerprint density at radius 2 is 1.76 bits per heavy atom. The van der Waals surface area contributed by atoms with E-state index >= 15 is 0 Å². The monoisotopic (exact) mass is 491 g/mol. The maximum Gasteiger partial charge on any atom is 0.243 e. The smallest absolute Gasteiger partial charge is 0.243 e. The lowest BCUT2D eigenvalue weighted by atomic mass is 10.1. The van der Waals surface area contributed by atoms with Crippen molar-refractivity contribution in [2.24, 2.45) is 0 Å². The zero-order valence-electron chi connectivity index (χ0n) is 17.8. The summed E-state index contributed by atoms with van der Waals surface area (Å²) >= 11 is 5.88. The first-order valence-electron chi connectivity index (χ1n) is 10.1. The topological polar surface area (TPSA) is 83.9 Å². The van der Waals surface area contributed by atoms with Crippen LogP contribution in [0.2, 0.25) is 5.02 Å². The van der Waals surface area contributed by atoms with Crippen molar-refractivity contribution in [3.8, 4) is 5.75 Å². The molecule has 0 unspecified atom stereocenters. The van der Waals surface area contributed by atoms with E-state index in [4.69, 9.17) is 16.3 Å². The second-order valence-corrected chi connectivity index (χ2v) is 9.80. The van der Waals surface area contributed by atoms with Crippen molar-refractivity contribution in [3.05, 3.63) is 94.8 Å². The Hall–Kier alpha value is -2.78. The van der Waals surface area contributed by atoms with Crippen molar-refractivity contribution in [3.63, 3.8) is 0 Å². The van der Waals surface area contributed by atoms with E-state index in [0.717, 1.165) is 4.31 Å². The highest BCUT2D eigenvalue weighted by Crippen LogP contribution is 2.22. The molecule has 33 heavy (non-hydrogen) atoms. The number of sulfonamides is 1. The lowest BCUT2D eigenvalue weighted by molar-refractivity contribution is 0.0879. The van der Waals surface area contributed by atoms with E-state index in [1.54, 1.807) is 24.3 Å². The molecule has 0 fully saturated rings. The number of ether oxygens (including phenoxy) is 1. The van der Waals surface area contributed by atoms with Gasteiger partial charge in [0.2, 0.25) is 10.0 Å². The molecular formula is C24H23ClFNO5S. The molecule has 0 saturated heterocycles. The highest BCUT2D eigenvalue weighted by atomic mass is 35.5. The van der Waals surface area contributed by atoms with Crippen LogP contribution in [0.3, 0.4) is 0 Å². The second kappa shape index (κ2) is 10.9. The van der Waals surface area contributed by atoms with E-state index < -0.39 is 21.9 Å². The van der Waals surface area contributed by atoms with Gasteiger partial charge in [-0.3, -0.25) is 4.79 Å². The number of rotatable bonds is 10. The first-order chi connectivity index (χ1) is 15.6. The summed E-state index contributed by atoms with van der Waals surface area (Å²) in [4.78, 5) is 11.5. The number of aliphatic hydroxyl groups is 1. The summed E-state index contributed by atoms with van der Waals surface area (Å²) in [6.07, 6.45) is -1.17. The molecule has 3 aromatic rings. The van der Waals surface area contributed by atoms with Crippen LogP contribution in [0.25, 0.3) is 0 Å². The van der Waals surface area contributed by atoms with Crippen LogP contribution in [0.15, 0.2) is 77.7 Å². The molecule has 3 aromatic carbocycles. The van der Waals surface area contributed by atoms with Crippen LogP contribution in [0.4, 0.5) is 4.39 Å². The predicted molar refractivity (Wildman–Crippen MR) is 123 cm³/mol. The van der Waals surface area contributed by atoms with Crippen molar-refractivity contribution < 1.29 is 27.4 Å². The van der Waals surface area contributed by atoms with E-state index in [-0.39, 0.29) is 30.4 Å². The molecule has 0 saturated carbocycles. The van der Waals surface area contributed by atoms with Gasteiger partial charge in [-0.2, -0.15) is 4.31 Å². The van der Waals surface area contributed by atoms with Gasteiger partial charge < -0.3 is 9.84 Å². The Morgan fingerprint density at radius 1 is 1.09 bits per heavy atom. The maximum atomic E-state index is 13.3. The molecule has 0 aliphatic carbocycles. The van der Waals surface area contributed by atoms with Gasteiger partial charge in [0.25, 0.3) is 0 Å². The fraction of sp³-hybridized carbons (Fsp3) is 0.208. The standard InChI is InChI=1S/C24H23ClFNO5S/c1-17(28)19-3-2-4-23(13-19)32-16-22(29)15-27(14-18-5-9-21(26)10-6-18)33(30,31)24-11-7-20(25)8-12-24/h2-13,22,29H,14-16H2,1H3/t22-/m1/s1. The summed E-state index contributed by atoms with van der Waals surface area (Å²) in [5.74, 6) is -0.181. The fourth-order valence-corrected chi connectivity index (χ4v) is 4.67. The van der Waals surface area contributed by atoms with Crippen LogP contribution in [-0.2, 0) is 16.6 Å². The second-order valence-electron chi connectivity index (χ2n) is 7.43. The third kappa shape index (κ3) is 6.85. The van der Waals surface area contributed by atoms with Gasteiger partial charge >= 0.3 is 0 Å². The van der Waals surface area contributed by atoms with E-state index in [1.165, 1.54) is 55.5 Å². The summed E-state index contributed by atoms with van der Waals surface area (Å²) in [6, 6.07) is 17.6. The number of Topliss-reactive ketones (excluding diaryl/α,β-unsaturated/α-hetero) is 1. The molecule has 0 bridgehead atoms. The average molecular weight is 492 g/mol. The Kier molecular flexibility index (Phi) is 8.20. The molecule has 0 radical (unpaired) electrons. The maximum absolute atomic E-state index is 13.3. The minimum Gasteiger partial charge on any atom is -0.491 e. The van der Waals surface area contributed by atoms with Crippen LogP contribution in [-0.4, -0.2) is 42.9 Å². The van der Waals surface area contributed by atoms with E-state index in [0.29, 0.717) is 21.9 Å². The molecule has 1 N–H and O–H groups in total. The third-order valence-corrected chi connectivity index (χ3v) is 6.90. The highest BCUT2D eigenvalue weighted by Gasteiger charge is 2.27. The lowest BCUT2D eigenvalue weighted by Crippen LogP contribution is -2.39. The molecule has 6 nitrogen and oxygen atoms in total. The zero-order chi connectivity index (χ0) is 24.0. The molecular weight excluding hydrogens is 469 g/mol. The Bertz CT molecular complexity index is 1200. The quantitative estimate of drug-likeness (QED) is 0.427. The first-order valence-corrected chi connectivity index (χ1v) is 11.9. The molecule has 9 heteroatoms. The van der Waals surface area contributed by atoms with Crippen LogP contribution in [0, 0.1) is 5.82 Å². The highest BCUT2D eigenvalue weighted by molar-refractivity contribution is 7.89. The number of aliphatic hydroxyl groups excluding tert-OH is 1. The van der Waals surface area contributed by atoms with Crippen LogP contribution >= 0.6 is 11.6 Å². The van der Waals surface area contributed by atoms with E-state index in [2.05, 4.69) is 0 Å². The van der Waals surface area contributed by atoms with Crippen molar-refractivity contribution >= 4 is 27.4 Å². The average Bonchev–Trinajstić information content (AvgIpc) is 2.79. The first kappa shape index (κ1) is 24.9. The van der Waals surface area contributed by atoms with E-state index in [9.17, 15) is 22.7 Å². The van der Waals surface area contributed by atoms with Gasteiger partial charge in [0, 0.05) is 23.7 Å². The van der Waals surface area contributed by atoms with Crippen molar-refractivity contribution in [2.75, 3.05) is 13.2 Å². The Balaban J connectivity index is 1.78. The summed E-state index contributed by atoms with van der Waals surface area (Å²) < 4.78 is 46.5. The van der Waals surface area contributed by atoms with Crippen LogP contribution in [0.5, 0.6) is 5.75 Å². The number of hydrogen-bond acceptors (Lipinski definition) is 5.